The van der Waals surface area contributed by atoms with E-state index in [2.05, 4.69) is 26.1 Å². The molecule has 0 amide bonds. The van der Waals surface area contributed by atoms with Crippen LogP contribution in [0.4, 0.5) is 20.2 Å². The molecule has 0 spiro atoms. The summed E-state index contributed by atoms with van der Waals surface area (Å²) in [6.45, 7) is 7.00. The number of hydrogen-bond donors (Lipinski definition) is 2. The van der Waals surface area contributed by atoms with Gasteiger partial charge in [0.15, 0.2) is 0 Å². The molecule has 3 N–H and O–H groups in total. The van der Waals surface area contributed by atoms with E-state index in [1.165, 1.54) is 6.07 Å². The lowest BCUT2D eigenvalue weighted by Crippen LogP contribution is -2.17. The fourth-order valence-electron chi connectivity index (χ4n) is 1.43. The number of nitrogen functional groups attached to an aromatic ring is 1. The molecule has 0 saturated carbocycles. The molecule has 1 aromatic carbocycles. The van der Waals surface area contributed by atoms with Crippen molar-refractivity contribution in [2.75, 3.05) is 17.6 Å². The van der Waals surface area contributed by atoms with Gasteiger partial charge in [-0.3, -0.25) is 0 Å². The van der Waals surface area contributed by atoms with Crippen LogP contribution in [-0.2, 0) is 0 Å². The predicted molar refractivity (Wildman–Crippen MR) is 68.3 cm³/mol. The first-order valence-electron chi connectivity index (χ1n) is 5.83. The first kappa shape index (κ1) is 13.7. The summed E-state index contributed by atoms with van der Waals surface area (Å²) in [5.74, 6) is 0.948. The van der Waals surface area contributed by atoms with Crippen LogP contribution in [0.25, 0.3) is 0 Å². The summed E-state index contributed by atoms with van der Waals surface area (Å²) in [5.41, 5.74) is 6.32. The van der Waals surface area contributed by atoms with Gasteiger partial charge in [-0.15, -0.1) is 0 Å². The van der Waals surface area contributed by atoms with Gasteiger partial charge in [0.05, 0.1) is 0 Å². The lowest BCUT2D eigenvalue weighted by molar-refractivity contribution is 0.152. The predicted octanol–water partition coefficient (Wildman–Crippen LogP) is 3.91. The van der Waals surface area contributed by atoms with Crippen molar-refractivity contribution in [1.82, 2.24) is 0 Å². The lowest BCUT2D eigenvalue weighted by Gasteiger charge is -2.18. The molecule has 0 bridgehead atoms. The quantitative estimate of drug-likeness (QED) is 0.768. The Morgan fingerprint density at radius 2 is 1.88 bits per heavy atom. The zero-order chi connectivity index (χ0) is 13.0. The van der Waals surface area contributed by atoms with Crippen LogP contribution in [0.2, 0.25) is 0 Å². The first-order valence-corrected chi connectivity index (χ1v) is 5.83. The lowest BCUT2D eigenvalue weighted by atomic mass is 9.98. The number of anilines is 2. The highest BCUT2D eigenvalue weighted by Gasteiger charge is 2.14. The fraction of sp³-hybridized carbons (Fsp3) is 0.538. The summed E-state index contributed by atoms with van der Waals surface area (Å²) in [6.07, 6.45) is -2.50. The van der Waals surface area contributed by atoms with E-state index in [1.54, 1.807) is 12.1 Å². The molecule has 17 heavy (non-hydrogen) atoms. The van der Waals surface area contributed by atoms with Gasteiger partial charge in [-0.25, -0.2) is 8.78 Å². The number of benzene rings is 1. The van der Waals surface area contributed by atoms with Gasteiger partial charge in [-0.05, 0) is 30.0 Å². The Hall–Kier alpha value is -1.32. The maximum absolute atomic E-state index is 12.8. The van der Waals surface area contributed by atoms with Crippen LogP contribution in [0.15, 0.2) is 18.2 Å². The summed E-state index contributed by atoms with van der Waals surface area (Å²) in [7, 11) is 0. The molecule has 0 aromatic heterocycles. The Morgan fingerprint density at radius 3 is 2.41 bits per heavy atom. The van der Waals surface area contributed by atoms with Crippen molar-refractivity contribution in [3.63, 3.8) is 0 Å². The molecule has 2 nitrogen and oxygen atoms in total. The highest BCUT2D eigenvalue weighted by Crippen LogP contribution is 2.29. The minimum absolute atomic E-state index is 0.0269. The normalized spacial score (nSPS) is 13.1. The third kappa shape index (κ3) is 3.88. The van der Waals surface area contributed by atoms with Crippen molar-refractivity contribution >= 4 is 11.4 Å². The minimum atomic E-state index is -2.50. The van der Waals surface area contributed by atoms with E-state index >= 15 is 0 Å². The minimum Gasteiger partial charge on any atom is -0.399 e. The standard InChI is InChI=1S/C13H20F2N2/c1-8(2)9(3)7-17-12-5-4-10(16)6-11(12)13(14)15/h4-6,8-9,13,17H,7,16H2,1-3H3. The first-order chi connectivity index (χ1) is 7.91. The Labute approximate surface area is 101 Å². The van der Waals surface area contributed by atoms with Crippen molar-refractivity contribution in [2.45, 2.75) is 27.2 Å². The number of alkyl halides is 2. The molecular formula is C13H20F2N2. The van der Waals surface area contributed by atoms with E-state index in [0.717, 1.165) is 0 Å². The van der Waals surface area contributed by atoms with Crippen LogP contribution in [0.1, 0.15) is 32.8 Å². The molecule has 96 valence electrons. The molecule has 0 aliphatic rings. The zero-order valence-corrected chi connectivity index (χ0v) is 10.5. The smallest absolute Gasteiger partial charge is 0.265 e. The van der Waals surface area contributed by atoms with Gasteiger partial charge >= 0.3 is 0 Å². The van der Waals surface area contributed by atoms with Gasteiger partial charge in [0.1, 0.15) is 0 Å². The number of nitrogens with one attached hydrogen (secondary N) is 1. The topological polar surface area (TPSA) is 38.0 Å². The molecule has 0 aliphatic heterocycles. The molecule has 4 heteroatoms. The van der Waals surface area contributed by atoms with Gasteiger partial charge in [0, 0.05) is 23.5 Å². The second-order valence-electron chi connectivity index (χ2n) is 4.75. The Bertz CT molecular complexity index is 364. The summed E-state index contributed by atoms with van der Waals surface area (Å²) < 4.78 is 25.6. The van der Waals surface area contributed by atoms with E-state index in [0.29, 0.717) is 29.8 Å². The van der Waals surface area contributed by atoms with Gasteiger partial charge in [0.2, 0.25) is 0 Å². The second-order valence-corrected chi connectivity index (χ2v) is 4.75. The maximum Gasteiger partial charge on any atom is 0.265 e. The van der Waals surface area contributed by atoms with Crippen LogP contribution in [-0.4, -0.2) is 6.54 Å². The molecule has 1 unspecified atom stereocenters. The third-order valence-corrected chi connectivity index (χ3v) is 3.06. The Balaban J connectivity index is 2.77. The number of hydrogen-bond acceptors (Lipinski definition) is 2. The molecule has 0 aliphatic carbocycles. The average Bonchev–Trinajstić information content (AvgIpc) is 2.26. The summed E-state index contributed by atoms with van der Waals surface area (Å²) in [6, 6.07) is 4.57. The Kier molecular flexibility index (Phi) is 4.73. The maximum atomic E-state index is 12.8. The van der Waals surface area contributed by atoms with Crippen LogP contribution in [0.5, 0.6) is 0 Å². The van der Waals surface area contributed by atoms with Crippen molar-refractivity contribution in [2.24, 2.45) is 11.8 Å². The number of rotatable bonds is 5. The van der Waals surface area contributed by atoms with E-state index in [9.17, 15) is 8.78 Å². The second kappa shape index (κ2) is 5.84. The van der Waals surface area contributed by atoms with Crippen LogP contribution < -0.4 is 11.1 Å². The molecule has 0 fully saturated rings. The molecule has 1 rings (SSSR count). The van der Waals surface area contributed by atoms with Crippen LogP contribution in [0.3, 0.4) is 0 Å². The largest absolute Gasteiger partial charge is 0.399 e. The van der Waals surface area contributed by atoms with E-state index in [-0.39, 0.29) is 5.56 Å². The van der Waals surface area contributed by atoms with Crippen molar-refractivity contribution in [1.29, 1.82) is 0 Å². The zero-order valence-electron chi connectivity index (χ0n) is 10.5. The summed E-state index contributed by atoms with van der Waals surface area (Å²) >= 11 is 0. The van der Waals surface area contributed by atoms with E-state index in [4.69, 9.17) is 5.73 Å². The SMILES string of the molecule is CC(C)C(C)CNc1ccc(N)cc1C(F)F. The van der Waals surface area contributed by atoms with E-state index < -0.39 is 6.43 Å². The summed E-state index contributed by atoms with van der Waals surface area (Å²) in [5, 5.41) is 3.07. The van der Waals surface area contributed by atoms with Crippen molar-refractivity contribution in [3.8, 4) is 0 Å². The molecular weight excluding hydrogens is 222 g/mol. The molecule has 1 aromatic rings. The van der Waals surface area contributed by atoms with Gasteiger partial charge in [-0.2, -0.15) is 0 Å². The van der Waals surface area contributed by atoms with Crippen molar-refractivity contribution in [3.05, 3.63) is 23.8 Å². The monoisotopic (exact) mass is 242 g/mol. The molecule has 1 atom stereocenters. The average molecular weight is 242 g/mol. The van der Waals surface area contributed by atoms with Gasteiger partial charge in [-0.1, -0.05) is 20.8 Å². The molecule has 0 saturated heterocycles. The van der Waals surface area contributed by atoms with Crippen molar-refractivity contribution < 1.29 is 8.78 Å². The highest BCUT2D eigenvalue weighted by molar-refractivity contribution is 5.58. The molecule has 0 radical (unpaired) electrons. The highest BCUT2D eigenvalue weighted by atomic mass is 19.3. The number of nitrogens with two attached hydrogens (primary N) is 1. The Morgan fingerprint density at radius 1 is 1.24 bits per heavy atom. The van der Waals surface area contributed by atoms with Crippen LogP contribution in [0, 0.1) is 11.8 Å². The van der Waals surface area contributed by atoms with Gasteiger partial charge < -0.3 is 11.1 Å². The summed E-state index contributed by atoms with van der Waals surface area (Å²) in [4.78, 5) is 0. The van der Waals surface area contributed by atoms with Gasteiger partial charge in [0.25, 0.3) is 6.43 Å². The van der Waals surface area contributed by atoms with E-state index in [1.807, 2.05) is 0 Å². The number of halogens is 2. The fourth-order valence-corrected chi connectivity index (χ4v) is 1.43. The third-order valence-electron chi connectivity index (χ3n) is 3.06. The van der Waals surface area contributed by atoms with Crippen LogP contribution >= 0.6 is 0 Å². The molecule has 0 heterocycles.